The second-order valence-corrected chi connectivity index (χ2v) is 4.70. The van der Waals surface area contributed by atoms with Crippen molar-refractivity contribution in [2.75, 3.05) is 19.6 Å². The third kappa shape index (κ3) is 3.01. The summed E-state index contributed by atoms with van der Waals surface area (Å²) >= 11 is 0. The van der Waals surface area contributed by atoms with Crippen LogP contribution in [0.3, 0.4) is 0 Å². The topological polar surface area (TPSA) is 23.5 Å². The third-order valence-electron chi connectivity index (χ3n) is 3.50. The molecule has 0 atom stereocenters. The number of allylic oxidation sites excluding steroid dienone is 1. The molecule has 0 saturated carbocycles. The number of hydrogen-bond donors (Lipinski definition) is 1. The molecular formula is C16H19NO. The summed E-state index contributed by atoms with van der Waals surface area (Å²) in [6.07, 6.45) is 3.16. The van der Waals surface area contributed by atoms with Gasteiger partial charge in [0.1, 0.15) is 0 Å². The van der Waals surface area contributed by atoms with Gasteiger partial charge in [-0.2, -0.15) is 0 Å². The molecule has 0 bridgehead atoms. The molecule has 94 valence electrons. The van der Waals surface area contributed by atoms with Crippen LogP contribution in [0.5, 0.6) is 0 Å². The Labute approximate surface area is 109 Å². The first-order valence-corrected chi connectivity index (χ1v) is 6.34. The van der Waals surface area contributed by atoms with E-state index in [-0.39, 0.29) is 0 Å². The van der Waals surface area contributed by atoms with Gasteiger partial charge < -0.3 is 5.11 Å². The average Bonchev–Trinajstić information content (AvgIpc) is 2.42. The molecule has 1 heterocycles. The van der Waals surface area contributed by atoms with Crippen LogP contribution < -0.4 is 0 Å². The van der Waals surface area contributed by atoms with Gasteiger partial charge in [0.25, 0.3) is 0 Å². The van der Waals surface area contributed by atoms with Crippen molar-refractivity contribution in [2.45, 2.75) is 18.4 Å². The van der Waals surface area contributed by atoms with Gasteiger partial charge in [-0.05, 0) is 24.5 Å². The second kappa shape index (κ2) is 5.86. The van der Waals surface area contributed by atoms with E-state index >= 15 is 0 Å². The Hall–Kier alpha value is -1.56. The Morgan fingerprint density at radius 2 is 1.94 bits per heavy atom. The van der Waals surface area contributed by atoms with E-state index in [9.17, 15) is 5.11 Å². The molecule has 2 heteroatoms. The van der Waals surface area contributed by atoms with E-state index in [1.165, 1.54) is 0 Å². The lowest BCUT2D eigenvalue weighted by molar-refractivity contribution is -0.0229. The molecule has 1 fully saturated rings. The monoisotopic (exact) mass is 241 g/mol. The zero-order valence-corrected chi connectivity index (χ0v) is 10.6. The number of nitrogens with zero attached hydrogens (tertiary/aromatic N) is 1. The molecule has 1 aromatic rings. The number of likely N-dealkylation sites (tertiary alicyclic amines) is 1. The zero-order chi connectivity index (χ0) is 12.8. The highest BCUT2D eigenvalue weighted by molar-refractivity contribution is 5.23. The van der Waals surface area contributed by atoms with Gasteiger partial charge in [0.2, 0.25) is 0 Å². The van der Waals surface area contributed by atoms with Crippen molar-refractivity contribution in [1.82, 2.24) is 4.90 Å². The first-order valence-electron chi connectivity index (χ1n) is 6.34. The van der Waals surface area contributed by atoms with E-state index in [4.69, 9.17) is 0 Å². The van der Waals surface area contributed by atoms with Crippen molar-refractivity contribution in [1.29, 1.82) is 0 Å². The van der Waals surface area contributed by atoms with Crippen LogP contribution >= 0.6 is 0 Å². The van der Waals surface area contributed by atoms with Crippen molar-refractivity contribution in [3.05, 3.63) is 48.6 Å². The van der Waals surface area contributed by atoms with Gasteiger partial charge in [-0.15, -0.1) is 0 Å². The maximum Gasteiger partial charge on any atom is 0.0920 e. The number of rotatable bonds is 2. The minimum absolute atomic E-state index is 0.663. The highest BCUT2D eigenvalue weighted by Gasteiger charge is 2.33. The number of benzene rings is 1. The predicted molar refractivity (Wildman–Crippen MR) is 74.0 cm³/mol. The van der Waals surface area contributed by atoms with Gasteiger partial charge in [-0.25, -0.2) is 0 Å². The fourth-order valence-electron chi connectivity index (χ4n) is 2.35. The molecule has 0 radical (unpaired) electrons. The molecule has 0 aromatic heterocycles. The van der Waals surface area contributed by atoms with Gasteiger partial charge in [0.05, 0.1) is 12.1 Å². The second-order valence-electron chi connectivity index (χ2n) is 4.70. The third-order valence-corrected chi connectivity index (χ3v) is 3.50. The molecule has 0 aliphatic carbocycles. The molecule has 1 aromatic carbocycles. The van der Waals surface area contributed by atoms with Crippen molar-refractivity contribution >= 4 is 0 Å². The Kier molecular flexibility index (Phi) is 4.19. The van der Waals surface area contributed by atoms with E-state index in [0.29, 0.717) is 0 Å². The smallest absolute Gasteiger partial charge is 0.0920 e. The first-order chi connectivity index (χ1) is 8.74. The van der Waals surface area contributed by atoms with Crippen molar-refractivity contribution in [2.24, 2.45) is 0 Å². The van der Waals surface area contributed by atoms with E-state index in [0.717, 1.165) is 38.0 Å². The Balaban J connectivity index is 1.95. The zero-order valence-electron chi connectivity index (χ0n) is 10.6. The summed E-state index contributed by atoms with van der Waals surface area (Å²) in [6, 6.07) is 9.96. The fraction of sp³-hybridized carbons (Fsp3) is 0.375. The van der Waals surface area contributed by atoms with E-state index < -0.39 is 5.60 Å². The number of hydrogen-bond acceptors (Lipinski definition) is 2. The predicted octanol–water partition coefficient (Wildman–Crippen LogP) is 2.16. The van der Waals surface area contributed by atoms with Crippen LogP contribution in [0.25, 0.3) is 0 Å². The Morgan fingerprint density at radius 1 is 1.28 bits per heavy atom. The van der Waals surface area contributed by atoms with E-state index in [1.807, 2.05) is 30.3 Å². The van der Waals surface area contributed by atoms with Crippen molar-refractivity contribution < 1.29 is 5.11 Å². The van der Waals surface area contributed by atoms with Crippen LogP contribution in [0.2, 0.25) is 0 Å². The summed E-state index contributed by atoms with van der Waals surface area (Å²) in [4.78, 5) is 2.27. The molecule has 1 saturated heterocycles. The molecule has 0 spiro atoms. The van der Waals surface area contributed by atoms with Crippen LogP contribution in [0.15, 0.2) is 43.0 Å². The molecule has 0 amide bonds. The Morgan fingerprint density at radius 3 is 2.56 bits per heavy atom. The molecule has 1 aliphatic rings. The summed E-state index contributed by atoms with van der Waals surface area (Å²) in [5.41, 5.74) is 0.366. The average molecular weight is 241 g/mol. The SMILES string of the molecule is C=CC#CCN1CCC(O)(c2ccccc2)CC1. The van der Waals surface area contributed by atoms with E-state index in [2.05, 4.69) is 23.3 Å². The summed E-state index contributed by atoms with van der Waals surface area (Å²) in [7, 11) is 0. The number of aliphatic hydroxyl groups is 1. The first kappa shape index (κ1) is 12.9. The van der Waals surface area contributed by atoms with Crippen LogP contribution in [0.4, 0.5) is 0 Å². The normalized spacial score (nSPS) is 18.7. The minimum atomic E-state index is -0.663. The molecular weight excluding hydrogens is 222 g/mol. The quantitative estimate of drug-likeness (QED) is 0.802. The number of piperidine rings is 1. The summed E-state index contributed by atoms with van der Waals surface area (Å²) in [5, 5.41) is 10.7. The maximum absolute atomic E-state index is 10.7. The van der Waals surface area contributed by atoms with Crippen molar-refractivity contribution in [3.63, 3.8) is 0 Å². The molecule has 2 rings (SSSR count). The standard InChI is InChI=1S/C16H19NO/c1-2-3-7-12-17-13-10-16(18,11-14-17)15-8-5-4-6-9-15/h2,4-6,8-9,18H,1,10-14H2. The van der Waals surface area contributed by atoms with Gasteiger partial charge in [0, 0.05) is 13.1 Å². The molecule has 1 aliphatic heterocycles. The maximum atomic E-state index is 10.7. The lowest BCUT2D eigenvalue weighted by Crippen LogP contribution is -2.42. The van der Waals surface area contributed by atoms with Crippen LogP contribution in [0.1, 0.15) is 18.4 Å². The van der Waals surface area contributed by atoms with Crippen LogP contribution in [-0.2, 0) is 5.60 Å². The largest absolute Gasteiger partial charge is 0.385 e. The van der Waals surface area contributed by atoms with Gasteiger partial charge in [0.15, 0.2) is 0 Å². The van der Waals surface area contributed by atoms with Crippen molar-refractivity contribution in [3.8, 4) is 11.8 Å². The van der Waals surface area contributed by atoms with E-state index in [1.54, 1.807) is 6.08 Å². The van der Waals surface area contributed by atoms with Gasteiger partial charge in [-0.3, -0.25) is 4.90 Å². The summed E-state index contributed by atoms with van der Waals surface area (Å²) in [6.45, 7) is 6.11. The van der Waals surface area contributed by atoms with Crippen LogP contribution in [-0.4, -0.2) is 29.6 Å². The lowest BCUT2D eigenvalue weighted by Gasteiger charge is -2.37. The Bertz CT molecular complexity index is 447. The molecule has 18 heavy (non-hydrogen) atoms. The lowest BCUT2D eigenvalue weighted by atomic mass is 9.84. The highest BCUT2D eigenvalue weighted by Crippen LogP contribution is 2.32. The van der Waals surface area contributed by atoms with Gasteiger partial charge in [-0.1, -0.05) is 48.8 Å². The summed E-state index contributed by atoms with van der Waals surface area (Å²) < 4.78 is 0. The summed E-state index contributed by atoms with van der Waals surface area (Å²) in [5.74, 6) is 5.91. The molecule has 2 nitrogen and oxygen atoms in total. The fourth-order valence-corrected chi connectivity index (χ4v) is 2.35. The molecule has 0 unspecified atom stereocenters. The molecule has 1 N–H and O–H groups in total. The van der Waals surface area contributed by atoms with Crippen LogP contribution in [0, 0.1) is 11.8 Å². The highest BCUT2D eigenvalue weighted by atomic mass is 16.3. The van der Waals surface area contributed by atoms with Gasteiger partial charge >= 0.3 is 0 Å². The minimum Gasteiger partial charge on any atom is -0.385 e.